The maximum absolute atomic E-state index is 13.4. The molecule has 1 aliphatic rings. The molecule has 1 amide bonds. The van der Waals surface area contributed by atoms with Crippen LogP contribution in [-0.2, 0) is 22.9 Å². The fourth-order valence-corrected chi connectivity index (χ4v) is 4.33. The molecule has 11 heteroatoms. The van der Waals surface area contributed by atoms with E-state index >= 15 is 0 Å². The van der Waals surface area contributed by atoms with Gasteiger partial charge in [-0.25, -0.2) is 13.4 Å². The average molecular weight is 494 g/mol. The van der Waals surface area contributed by atoms with Crippen molar-refractivity contribution in [2.45, 2.75) is 44.1 Å². The fourth-order valence-electron chi connectivity index (χ4n) is 3.68. The number of sulfone groups is 1. The van der Waals surface area contributed by atoms with Crippen molar-refractivity contribution in [3.63, 3.8) is 0 Å². The molecule has 1 aliphatic heterocycles. The van der Waals surface area contributed by atoms with Gasteiger partial charge in [-0.1, -0.05) is 6.07 Å². The predicted octanol–water partition coefficient (Wildman–Crippen LogP) is 4.07. The van der Waals surface area contributed by atoms with Gasteiger partial charge in [0.15, 0.2) is 15.9 Å². The first kappa shape index (κ1) is 23.8. The van der Waals surface area contributed by atoms with E-state index in [0.29, 0.717) is 0 Å². The third-order valence-corrected chi connectivity index (χ3v) is 6.69. The van der Waals surface area contributed by atoms with E-state index in [0.717, 1.165) is 53.9 Å². The van der Waals surface area contributed by atoms with Crippen LogP contribution in [0.4, 0.5) is 13.2 Å². The highest BCUT2D eigenvalue weighted by Gasteiger charge is 2.39. The molecule has 180 valence electrons. The van der Waals surface area contributed by atoms with Gasteiger partial charge in [0.05, 0.1) is 22.5 Å². The lowest BCUT2D eigenvalue weighted by atomic mass is 10.1. The Morgan fingerprint density at radius 3 is 2.44 bits per heavy atom. The van der Waals surface area contributed by atoms with Crippen molar-refractivity contribution in [1.82, 2.24) is 14.5 Å². The molecule has 2 aromatic carbocycles. The van der Waals surface area contributed by atoms with Crippen LogP contribution in [0.1, 0.15) is 34.1 Å². The van der Waals surface area contributed by atoms with Crippen LogP contribution in [0.25, 0.3) is 5.69 Å². The standard InChI is InChI=1S/C23H22F3N3O4S/c1-14-10-29(13-27-14)18-5-4-16-11-28(12-17(16)8-18)22(30)20-9-19(34(3,31)32)6-7-21(20)33-15(2)23(24,25)26/h4-10,13,15H,11-12H2,1-3H3/t15-/m0/s1. The number of amides is 1. The van der Waals surface area contributed by atoms with E-state index in [1.165, 1.54) is 4.90 Å². The van der Waals surface area contributed by atoms with Gasteiger partial charge < -0.3 is 14.2 Å². The Morgan fingerprint density at radius 1 is 1.12 bits per heavy atom. The minimum absolute atomic E-state index is 0.183. The number of benzene rings is 2. The molecule has 4 rings (SSSR count). The normalized spacial score (nSPS) is 14.7. The first-order valence-corrected chi connectivity index (χ1v) is 12.2. The molecule has 0 bridgehead atoms. The van der Waals surface area contributed by atoms with Crippen molar-refractivity contribution in [2.75, 3.05) is 6.26 Å². The van der Waals surface area contributed by atoms with Crippen molar-refractivity contribution >= 4 is 15.7 Å². The predicted molar refractivity (Wildman–Crippen MR) is 118 cm³/mol. The van der Waals surface area contributed by atoms with Gasteiger partial charge in [0.2, 0.25) is 0 Å². The minimum Gasteiger partial charge on any atom is -0.480 e. The number of aryl methyl sites for hydroxylation is 1. The van der Waals surface area contributed by atoms with Crippen LogP contribution < -0.4 is 4.74 Å². The average Bonchev–Trinajstić information content (AvgIpc) is 3.37. The summed E-state index contributed by atoms with van der Waals surface area (Å²) in [6.07, 6.45) is -2.33. The lowest BCUT2D eigenvalue weighted by Gasteiger charge is -2.22. The highest BCUT2D eigenvalue weighted by atomic mass is 32.2. The van der Waals surface area contributed by atoms with Crippen molar-refractivity contribution in [1.29, 1.82) is 0 Å². The number of nitrogens with zero attached hydrogens (tertiary/aromatic N) is 3. The number of rotatable bonds is 5. The van der Waals surface area contributed by atoms with E-state index in [1.54, 1.807) is 6.33 Å². The third-order valence-electron chi connectivity index (χ3n) is 5.58. The largest absolute Gasteiger partial charge is 0.480 e. The van der Waals surface area contributed by atoms with Gasteiger partial charge in [-0.05, 0) is 55.3 Å². The summed E-state index contributed by atoms with van der Waals surface area (Å²) < 4.78 is 70.1. The summed E-state index contributed by atoms with van der Waals surface area (Å²) in [5, 5.41) is 0. The molecule has 0 radical (unpaired) electrons. The number of halogens is 3. The van der Waals surface area contributed by atoms with E-state index in [4.69, 9.17) is 4.74 Å². The topological polar surface area (TPSA) is 81.5 Å². The van der Waals surface area contributed by atoms with Crippen LogP contribution in [0.5, 0.6) is 5.75 Å². The number of carbonyl (C=O) groups is 1. The van der Waals surface area contributed by atoms with Gasteiger partial charge in [0, 0.05) is 31.2 Å². The maximum Gasteiger partial charge on any atom is 0.425 e. The highest BCUT2D eigenvalue weighted by molar-refractivity contribution is 7.90. The van der Waals surface area contributed by atoms with Crippen molar-refractivity contribution in [3.8, 4) is 11.4 Å². The van der Waals surface area contributed by atoms with E-state index in [1.807, 2.05) is 35.9 Å². The molecule has 0 saturated heterocycles. The Morgan fingerprint density at radius 2 is 1.82 bits per heavy atom. The van der Waals surface area contributed by atoms with E-state index in [-0.39, 0.29) is 29.3 Å². The van der Waals surface area contributed by atoms with E-state index in [9.17, 15) is 26.4 Å². The number of fused-ring (bicyclic) bond motifs is 1. The van der Waals surface area contributed by atoms with Crippen molar-refractivity contribution in [2.24, 2.45) is 0 Å². The molecule has 3 aromatic rings. The molecule has 34 heavy (non-hydrogen) atoms. The van der Waals surface area contributed by atoms with Crippen LogP contribution in [-0.4, -0.2) is 47.3 Å². The Bertz CT molecular complexity index is 1370. The number of carbonyl (C=O) groups excluding carboxylic acids is 1. The van der Waals surface area contributed by atoms with Gasteiger partial charge in [-0.3, -0.25) is 4.79 Å². The summed E-state index contributed by atoms with van der Waals surface area (Å²) in [5.41, 5.74) is 3.23. The summed E-state index contributed by atoms with van der Waals surface area (Å²) >= 11 is 0. The van der Waals surface area contributed by atoms with Crippen LogP contribution in [0.2, 0.25) is 0 Å². The number of hydrogen-bond donors (Lipinski definition) is 0. The zero-order valence-corrected chi connectivity index (χ0v) is 19.4. The first-order valence-electron chi connectivity index (χ1n) is 10.3. The third kappa shape index (κ3) is 4.79. The SMILES string of the molecule is Cc1cn(-c2ccc3c(c2)CN(C(=O)c2cc(S(C)(=O)=O)ccc2O[C@@H](C)C(F)(F)F)C3)cn1. The van der Waals surface area contributed by atoms with Crippen LogP contribution in [0.15, 0.2) is 53.8 Å². The molecule has 1 atom stereocenters. The van der Waals surface area contributed by atoms with Gasteiger partial charge >= 0.3 is 6.18 Å². The number of ether oxygens (including phenoxy) is 1. The number of aromatic nitrogens is 2. The summed E-state index contributed by atoms with van der Waals surface area (Å²) in [6, 6.07) is 8.97. The zero-order chi connectivity index (χ0) is 24.8. The molecule has 1 aromatic heterocycles. The zero-order valence-electron chi connectivity index (χ0n) is 18.6. The molecule has 0 fully saturated rings. The molecule has 0 saturated carbocycles. The Balaban J connectivity index is 1.65. The quantitative estimate of drug-likeness (QED) is 0.535. The first-order chi connectivity index (χ1) is 15.8. The molecule has 0 unspecified atom stereocenters. The van der Waals surface area contributed by atoms with Crippen LogP contribution >= 0.6 is 0 Å². The smallest absolute Gasteiger partial charge is 0.425 e. The van der Waals surface area contributed by atoms with Gasteiger partial charge in [0.25, 0.3) is 5.91 Å². The number of alkyl halides is 3. The lowest BCUT2D eigenvalue weighted by molar-refractivity contribution is -0.189. The second kappa shape index (κ2) is 8.46. The second-order valence-electron chi connectivity index (χ2n) is 8.27. The molecule has 0 aliphatic carbocycles. The highest BCUT2D eigenvalue weighted by Crippen LogP contribution is 2.32. The lowest BCUT2D eigenvalue weighted by Crippen LogP contribution is -2.32. The minimum atomic E-state index is -4.65. The number of hydrogen-bond acceptors (Lipinski definition) is 5. The summed E-state index contributed by atoms with van der Waals surface area (Å²) in [4.78, 5) is 18.8. The van der Waals surface area contributed by atoms with Crippen LogP contribution in [0.3, 0.4) is 0 Å². The van der Waals surface area contributed by atoms with Crippen molar-refractivity contribution < 1.29 is 31.1 Å². The van der Waals surface area contributed by atoms with E-state index in [2.05, 4.69) is 4.98 Å². The molecule has 0 N–H and O–H groups in total. The van der Waals surface area contributed by atoms with Gasteiger partial charge in [-0.15, -0.1) is 0 Å². The summed E-state index contributed by atoms with van der Waals surface area (Å²) in [7, 11) is -3.70. The Labute approximate surface area is 194 Å². The molecule has 2 heterocycles. The second-order valence-corrected chi connectivity index (χ2v) is 10.3. The Kier molecular flexibility index (Phi) is 5.92. The number of imidazole rings is 1. The van der Waals surface area contributed by atoms with Crippen molar-refractivity contribution in [3.05, 3.63) is 71.3 Å². The summed E-state index contributed by atoms with van der Waals surface area (Å²) in [6.45, 7) is 3.14. The molecular formula is C23H22F3N3O4S. The van der Waals surface area contributed by atoms with Gasteiger partial charge in [-0.2, -0.15) is 13.2 Å². The van der Waals surface area contributed by atoms with Gasteiger partial charge in [0.1, 0.15) is 5.75 Å². The van der Waals surface area contributed by atoms with Crippen LogP contribution in [0, 0.1) is 6.92 Å². The maximum atomic E-state index is 13.4. The molecule has 0 spiro atoms. The monoisotopic (exact) mass is 493 g/mol. The molecular weight excluding hydrogens is 471 g/mol. The van der Waals surface area contributed by atoms with E-state index < -0.39 is 28.0 Å². The fraction of sp³-hybridized carbons (Fsp3) is 0.304. The summed E-state index contributed by atoms with van der Waals surface area (Å²) in [5.74, 6) is -0.945. The Hall–Kier alpha value is -3.34. The molecule has 7 nitrogen and oxygen atoms in total.